The predicted molar refractivity (Wildman–Crippen MR) is 79.4 cm³/mol. The van der Waals surface area contributed by atoms with Crippen molar-refractivity contribution in [2.45, 2.75) is 18.2 Å². The van der Waals surface area contributed by atoms with Gasteiger partial charge >= 0.3 is 0 Å². The third-order valence-corrected chi connectivity index (χ3v) is 5.13. The van der Waals surface area contributed by atoms with Crippen LogP contribution in [0, 0.1) is 6.92 Å². The number of thiazole rings is 1. The molecule has 0 unspecified atom stereocenters. The standard InChI is InChI=1S/C12H16N4OS2/c1-3-18-12-15-10-9(19-12)8(2)13-11(14-10)16-4-6-17-7-5-16/h3-7H2,1-2H3. The average molecular weight is 296 g/mol. The first-order chi connectivity index (χ1) is 9.28. The fraction of sp³-hybridized carbons (Fsp3) is 0.583. The summed E-state index contributed by atoms with van der Waals surface area (Å²) in [5.41, 5.74) is 1.85. The Morgan fingerprint density at radius 3 is 2.79 bits per heavy atom. The Morgan fingerprint density at radius 1 is 1.26 bits per heavy atom. The number of thioether (sulfide) groups is 1. The number of aromatic nitrogens is 3. The highest BCUT2D eigenvalue weighted by Gasteiger charge is 2.17. The Hall–Kier alpha value is -0.920. The average Bonchev–Trinajstić information content (AvgIpc) is 2.83. The molecular formula is C12H16N4OS2. The molecule has 0 aliphatic carbocycles. The van der Waals surface area contributed by atoms with E-state index in [1.165, 1.54) is 0 Å². The van der Waals surface area contributed by atoms with Crippen LogP contribution in [0.2, 0.25) is 0 Å². The van der Waals surface area contributed by atoms with Crippen LogP contribution in [0.25, 0.3) is 10.3 Å². The summed E-state index contributed by atoms with van der Waals surface area (Å²) in [6, 6.07) is 0. The number of morpholine rings is 1. The number of nitrogens with zero attached hydrogens (tertiary/aromatic N) is 4. The van der Waals surface area contributed by atoms with Gasteiger partial charge < -0.3 is 9.64 Å². The van der Waals surface area contributed by atoms with E-state index < -0.39 is 0 Å². The number of hydrogen-bond donors (Lipinski definition) is 0. The minimum absolute atomic E-state index is 0.744. The van der Waals surface area contributed by atoms with Crippen molar-refractivity contribution in [3.8, 4) is 0 Å². The number of aryl methyl sites for hydroxylation is 1. The molecule has 1 fully saturated rings. The lowest BCUT2D eigenvalue weighted by atomic mass is 10.4. The zero-order valence-electron chi connectivity index (χ0n) is 11.0. The number of rotatable bonds is 3. The van der Waals surface area contributed by atoms with Crippen molar-refractivity contribution >= 4 is 39.4 Å². The summed E-state index contributed by atoms with van der Waals surface area (Å²) in [6.45, 7) is 7.36. The Morgan fingerprint density at radius 2 is 2.05 bits per heavy atom. The summed E-state index contributed by atoms with van der Waals surface area (Å²) in [5.74, 6) is 1.81. The first kappa shape index (κ1) is 13.1. The Labute approximate surface area is 120 Å². The lowest BCUT2D eigenvalue weighted by Crippen LogP contribution is -2.37. The van der Waals surface area contributed by atoms with Gasteiger partial charge in [-0.3, -0.25) is 0 Å². The van der Waals surface area contributed by atoms with E-state index in [9.17, 15) is 0 Å². The van der Waals surface area contributed by atoms with Crippen LogP contribution in [-0.2, 0) is 4.74 Å². The van der Waals surface area contributed by atoms with Crippen molar-refractivity contribution in [1.82, 2.24) is 15.0 Å². The smallest absolute Gasteiger partial charge is 0.227 e. The highest BCUT2D eigenvalue weighted by Crippen LogP contribution is 2.31. The van der Waals surface area contributed by atoms with Gasteiger partial charge in [-0.15, -0.1) is 11.3 Å². The van der Waals surface area contributed by atoms with Gasteiger partial charge in [0.25, 0.3) is 0 Å². The van der Waals surface area contributed by atoms with Gasteiger partial charge in [-0.25, -0.2) is 9.97 Å². The Kier molecular flexibility index (Phi) is 3.86. The second-order valence-corrected chi connectivity index (χ2v) is 6.78. The van der Waals surface area contributed by atoms with E-state index in [-0.39, 0.29) is 0 Å². The second-order valence-electron chi connectivity index (χ2n) is 4.27. The van der Waals surface area contributed by atoms with Gasteiger partial charge in [0.1, 0.15) is 0 Å². The van der Waals surface area contributed by atoms with Crippen LogP contribution >= 0.6 is 23.1 Å². The van der Waals surface area contributed by atoms with Gasteiger partial charge in [0.05, 0.1) is 23.6 Å². The van der Waals surface area contributed by atoms with E-state index in [1.54, 1.807) is 23.1 Å². The molecule has 2 aromatic rings. The molecule has 7 heteroatoms. The van der Waals surface area contributed by atoms with Gasteiger partial charge in [-0.1, -0.05) is 18.7 Å². The molecule has 0 aromatic carbocycles. The van der Waals surface area contributed by atoms with Crippen molar-refractivity contribution in [1.29, 1.82) is 0 Å². The van der Waals surface area contributed by atoms with Crippen LogP contribution in [0.5, 0.6) is 0 Å². The van der Waals surface area contributed by atoms with E-state index in [2.05, 4.69) is 26.8 Å². The molecule has 3 heterocycles. The van der Waals surface area contributed by atoms with Crippen LogP contribution in [0.4, 0.5) is 5.95 Å². The molecule has 19 heavy (non-hydrogen) atoms. The van der Waals surface area contributed by atoms with Crippen molar-refractivity contribution in [3.05, 3.63) is 5.69 Å². The molecule has 2 aromatic heterocycles. The van der Waals surface area contributed by atoms with Gasteiger partial charge in [-0.05, 0) is 12.7 Å². The van der Waals surface area contributed by atoms with Crippen LogP contribution in [0.1, 0.15) is 12.6 Å². The quantitative estimate of drug-likeness (QED) is 0.810. The molecule has 0 N–H and O–H groups in total. The van der Waals surface area contributed by atoms with E-state index in [4.69, 9.17) is 4.74 Å². The molecule has 0 spiro atoms. The summed E-state index contributed by atoms with van der Waals surface area (Å²) in [7, 11) is 0. The van der Waals surface area contributed by atoms with Gasteiger partial charge in [0.15, 0.2) is 9.99 Å². The number of ether oxygens (including phenoxy) is 1. The highest BCUT2D eigenvalue weighted by atomic mass is 32.2. The van der Waals surface area contributed by atoms with E-state index >= 15 is 0 Å². The molecule has 0 bridgehead atoms. The molecule has 0 radical (unpaired) electrons. The van der Waals surface area contributed by atoms with Crippen LogP contribution < -0.4 is 4.90 Å². The topological polar surface area (TPSA) is 51.1 Å². The summed E-state index contributed by atoms with van der Waals surface area (Å²) < 4.78 is 7.54. The predicted octanol–water partition coefficient (Wildman–Crippen LogP) is 2.34. The fourth-order valence-electron chi connectivity index (χ4n) is 2.01. The normalized spacial score (nSPS) is 16.2. The molecule has 3 rings (SSSR count). The molecule has 1 saturated heterocycles. The van der Waals surface area contributed by atoms with Crippen molar-refractivity contribution < 1.29 is 4.74 Å². The monoisotopic (exact) mass is 296 g/mol. The van der Waals surface area contributed by atoms with E-state index in [0.717, 1.165) is 58.4 Å². The summed E-state index contributed by atoms with van der Waals surface area (Å²) in [6.07, 6.45) is 0. The number of anilines is 1. The van der Waals surface area contributed by atoms with Gasteiger partial charge in [0, 0.05) is 13.1 Å². The SMILES string of the molecule is CCSc1nc2nc(N3CCOCC3)nc(C)c2s1. The Balaban J connectivity index is 1.97. The summed E-state index contributed by atoms with van der Waals surface area (Å²) in [4.78, 5) is 16.0. The molecule has 0 saturated carbocycles. The van der Waals surface area contributed by atoms with Crippen LogP contribution in [0.15, 0.2) is 4.34 Å². The van der Waals surface area contributed by atoms with Crippen molar-refractivity contribution in [2.24, 2.45) is 0 Å². The molecule has 0 amide bonds. The number of fused-ring (bicyclic) bond motifs is 1. The van der Waals surface area contributed by atoms with Crippen LogP contribution in [0.3, 0.4) is 0 Å². The third kappa shape index (κ3) is 2.68. The van der Waals surface area contributed by atoms with Gasteiger partial charge in [0.2, 0.25) is 5.95 Å². The fourth-order valence-corrected chi connectivity index (χ4v) is 3.93. The number of hydrogen-bond acceptors (Lipinski definition) is 7. The lowest BCUT2D eigenvalue weighted by Gasteiger charge is -2.26. The minimum atomic E-state index is 0.744. The van der Waals surface area contributed by atoms with Crippen molar-refractivity contribution in [2.75, 3.05) is 37.0 Å². The first-order valence-corrected chi connectivity index (χ1v) is 8.19. The zero-order valence-corrected chi connectivity index (χ0v) is 12.7. The van der Waals surface area contributed by atoms with Crippen LogP contribution in [-0.4, -0.2) is 47.0 Å². The van der Waals surface area contributed by atoms with Crippen molar-refractivity contribution in [3.63, 3.8) is 0 Å². The first-order valence-electron chi connectivity index (χ1n) is 6.38. The molecule has 1 aliphatic heterocycles. The largest absolute Gasteiger partial charge is 0.378 e. The summed E-state index contributed by atoms with van der Waals surface area (Å²) in [5, 5.41) is 0. The van der Waals surface area contributed by atoms with Gasteiger partial charge in [-0.2, -0.15) is 4.98 Å². The Bertz CT molecular complexity index is 580. The maximum absolute atomic E-state index is 5.36. The van der Waals surface area contributed by atoms with E-state index in [0.29, 0.717) is 0 Å². The van der Waals surface area contributed by atoms with E-state index in [1.807, 2.05) is 6.92 Å². The molecule has 1 aliphatic rings. The second kappa shape index (κ2) is 5.60. The maximum atomic E-state index is 5.36. The molecule has 0 atom stereocenters. The maximum Gasteiger partial charge on any atom is 0.227 e. The molecule has 102 valence electrons. The summed E-state index contributed by atoms with van der Waals surface area (Å²) >= 11 is 3.44. The third-order valence-electron chi connectivity index (χ3n) is 2.95. The molecular weight excluding hydrogens is 280 g/mol. The highest BCUT2D eigenvalue weighted by molar-refractivity contribution is 8.01. The lowest BCUT2D eigenvalue weighted by molar-refractivity contribution is 0.122. The minimum Gasteiger partial charge on any atom is -0.378 e. The zero-order chi connectivity index (χ0) is 13.2. The molecule has 5 nitrogen and oxygen atoms in total.